The van der Waals surface area contributed by atoms with Crippen LogP contribution in [0.4, 0.5) is 0 Å². The maximum atomic E-state index is 12.7. The van der Waals surface area contributed by atoms with Gasteiger partial charge in [0, 0.05) is 39.1 Å². The molecule has 31 heavy (non-hydrogen) atoms. The third kappa shape index (κ3) is 7.63. The van der Waals surface area contributed by atoms with E-state index in [9.17, 15) is 9.59 Å². The van der Waals surface area contributed by atoms with E-state index in [1.165, 1.54) is 12.1 Å². The molecule has 3 rings (SSSR count). The minimum Gasteiger partial charge on any atom is -0.478 e. The van der Waals surface area contributed by atoms with Crippen molar-refractivity contribution in [1.82, 2.24) is 4.40 Å². The number of aromatic nitrogens is 1. The van der Waals surface area contributed by atoms with Crippen LogP contribution in [-0.4, -0.2) is 55.1 Å². The number of carboxylic acids is 3. The Balaban J connectivity index is 0.000000455. The molecular weight excluding hydrogens is 542 g/mol. The Morgan fingerprint density at radius 3 is 1.77 bits per heavy atom. The summed E-state index contributed by atoms with van der Waals surface area (Å²) in [7, 11) is 0. The van der Waals surface area contributed by atoms with Crippen molar-refractivity contribution in [2.75, 3.05) is 6.61 Å². The van der Waals surface area contributed by atoms with Crippen LogP contribution in [0.15, 0.2) is 57.7 Å². The smallest absolute Gasteiger partial charge is 0.414 e. The average molecular weight is 559 g/mol. The molecule has 164 valence electrons. The van der Waals surface area contributed by atoms with Crippen LogP contribution in [0.3, 0.4) is 0 Å². The molecule has 0 fully saturated rings. The first kappa shape index (κ1) is 26.0. The molecule has 11 heteroatoms. The summed E-state index contributed by atoms with van der Waals surface area (Å²) >= 11 is 6.72. The van der Waals surface area contributed by atoms with Crippen molar-refractivity contribution < 1.29 is 39.6 Å². The molecule has 0 aliphatic carbocycles. The molecule has 2 aromatic heterocycles. The number of aliphatic hydroxyl groups is 1. The number of pyridine rings is 1. The number of fused-ring (bicyclic) bond motifs is 1. The maximum absolute atomic E-state index is 12.7. The predicted octanol–water partition coefficient (Wildman–Crippen LogP) is 3.55. The summed E-state index contributed by atoms with van der Waals surface area (Å²) in [5, 5.41) is 31.4. The lowest BCUT2D eigenvalue weighted by molar-refractivity contribution is -0.159. The molecule has 1 aromatic carbocycles. The minimum absolute atomic E-state index is 0.149. The molecular formula is C20H17Br2NO8. The number of carbonyl (C=O) groups excluding carboxylic acids is 1. The van der Waals surface area contributed by atoms with Crippen molar-refractivity contribution in [3.05, 3.63) is 74.4 Å². The monoisotopic (exact) mass is 557 g/mol. The first-order chi connectivity index (χ1) is 14.5. The molecule has 0 radical (unpaired) electrons. The topological polar surface area (TPSA) is 154 Å². The Morgan fingerprint density at radius 1 is 0.839 bits per heavy atom. The Morgan fingerprint density at radius 2 is 1.32 bits per heavy atom. The van der Waals surface area contributed by atoms with E-state index < -0.39 is 17.9 Å². The van der Waals surface area contributed by atoms with E-state index >= 15 is 0 Å². The number of aliphatic carboxylic acids is 2. The van der Waals surface area contributed by atoms with E-state index in [-0.39, 0.29) is 18.0 Å². The van der Waals surface area contributed by atoms with Gasteiger partial charge >= 0.3 is 17.9 Å². The Kier molecular flexibility index (Phi) is 10.1. The van der Waals surface area contributed by atoms with Crippen molar-refractivity contribution in [1.29, 1.82) is 0 Å². The number of ketones is 1. The molecule has 0 bridgehead atoms. The number of benzene rings is 1. The van der Waals surface area contributed by atoms with Gasteiger partial charge < -0.3 is 24.8 Å². The zero-order chi connectivity index (χ0) is 23.7. The molecule has 0 atom stereocenters. The fourth-order valence-electron chi connectivity index (χ4n) is 2.26. The number of halogens is 2. The SMILES string of the molecule is CCO.O=C(O)C(=O)O.O=C(O)c1ccn2ccc(C(=O)c3cc(Br)cc(Br)c3)c2c1. The zero-order valence-corrected chi connectivity index (χ0v) is 19.1. The normalized spacial score (nSPS) is 9.68. The predicted molar refractivity (Wildman–Crippen MR) is 118 cm³/mol. The highest BCUT2D eigenvalue weighted by atomic mass is 79.9. The molecule has 3 aromatic rings. The van der Waals surface area contributed by atoms with Crippen LogP contribution in [-0.2, 0) is 9.59 Å². The van der Waals surface area contributed by atoms with Gasteiger partial charge in [-0.25, -0.2) is 14.4 Å². The van der Waals surface area contributed by atoms with Crippen molar-refractivity contribution in [3.63, 3.8) is 0 Å². The number of carbonyl (C=O) groups is 4. The summed E-state index contributed by atoms with van der Waals surface area (Å²) in [6.45, 7) is 1.93. The van der Waals surface area contributed by atoms with Gasteiger partial charge in [-0.15, -0.1) is 0 Å². The summed E-state index contributed by atoms with van der Waals surface area (Å²) in [5.74, 6) is -4.83. The van der Waals surface area contributed by atoms with Crippen LogP contribution in [0.5, 0.6) is 0 Å². The summed E-state index contributed by atoms with van der Waals surface area (Å²) < 4.78 is 3.31. The summed E-state index contributed by atoms with van der Waals surface area (Å²) in [4.78, 5) is 42.0. The molecule has 9 nitrogen and oxygen atoms in total. The average Bonchev–Trinajstić information content (AvgIpc) is 3.10. The quantitative estimate of drug-likeness (QED) is 0.281. The van der Waals surface area contributed by atoms with Gasteiger partial charge in [0.05, 0.1) is 11.1 Å². The fourth-order valence-corrected chi connectivity index (χ4v) is 3.56. The Hall–Kier alpha value is -3.02. The lowest BCUT2D eigenvalue weighted by Crippen LogP contribution is -2.09. The number of carboxylic acid groups (broad SMARTS) is 3. The fraction of sp³-hybridized carbons (Fsp3) is 0.100. The van der Waals surface area contributed by atoms with Gasteiger partial charge in [0.2, 0.25) is 0 Å². The van der Waals surface area contributed by atoms with E-state index in [0.717, 1.165) is 8.95 Å². The second-order valence-corrected chi connectivity index (χ2v) is 7.49. The molecule has 0 unspecified atom stereocenters. The first-order valence-corrected chi connectivity index (χ1v) is 10.0. The van der Waals surface area contributed by atoms with E-state index in [0.29, 0.717) is 16.6 Å². The largest absolute Gasteiger partial charge is 0.478 e. The van der Waals surface area contributed by atoms with Crippen LogP contribution in [0.25, 0.3) is 5.52 Å². The van der Waals surface area contributed by atoms with Crippen LogP contribution in [0.1, 0.15) is 33.2 Å². The van der Waals surface area contributed by atoms with E-state index in [4.69, 9.17) is 30.0 Å². The van der Waals surface area contributed by atoms with Crippen molar-refractivity contribution in [2.45, 2.75) is 6.92 Å². The van der Waals surface area contributed by atoms with Crippen LogP contribution < -0.4 is 0 Å². The van der Waals surface area contributed by atoms with Crippen LogP contribution in [0, 0.1) is 0 Å². The van der Waals surface area contributed by atoms with E-state index in [2.05, 4.69) is 31.9 Å². The highest BCUT2D eigenvalue weighted by Gasteiger charge is 2.16. The number of nitrogens with zero attached hydrogens (tertiary/aromatic N) is 1. The zero-order valence-electron chi connectivity index (χ0n) is 16.0. The molecule has 0 aliphatic heterocycles. The van der Waals surface area contributed by atoms with Gasteiger partial charge in [0.25, 0.3) is 0 Å². The number of aliphatic hydroxyl groups excluding tert-OH is 1. The highest BCUT2D eigenvalue weighted by molar-refractivity contribution is 9.11. The molecule has 0 saturated carbocycles. The summed E-state index contributed by atoms with van der Waals surface area (Å²) in [5.41, 5.74) is 1.71. The second kappa shape index (κ2) is 12.0. The summed E-state index contributed by atoms with van der Waals surface area (Å²) in [6, 6.07) is 10.0. The standard InChI is InChI=1S/C16H9Br2NO3.C2H2O4.C2H6O/c17-11-5-10(6-12(18)8-11)15(20)13-2-4-19-3-1-9(16(21)22)7-14(13)19;3-1(4)2(5)6;1-2-3/h1-8H,(H,21,22);(H,3,4)(H,5,6);3H,2H2,1H3. The molecule has 0 saturated heterocycles. The third-order valence-corrected chi connectivity index (χ3v) is 4.38. The summed E-state index contributed by atoms with van der Waals surface area (Å²) in [6.07, 6.45) is 3.37. The Labute approximate surface area is 192 Å². The van der Waals surface area contributed by atoms with Gasteiger partial charge in [-0.2, -0.15) is 0 Å². The number of hydrogen-bond donors (Lipinski definition) is 4. The number of hydrogen-bond acceptors (Lipinski definition) is 5. The molecule has 4 N–H and O–H groups in total. The lowest BCUT2D eigenvalue weighted by Gasteiger charge is -2.04. The Bertz CT molecular complexity index is 1090. The van der Waals surface area contributed by atoms with Gasteiger partial charge in [-0.3, -0.25) is 4.79 Å². The van der Waals surface area contributed by atoms with E-state index in [1.54, 1.807) is 41.9 Å². The lowest BCUT2D eigenvalue weighted by atomic mass is 10.0. The van der Waals surface area contributed by atoms with Crippen LogP contribution in [0.2, 0.25) is 0 Å². The number of aromatic carboxylic acids is 1. The first-order valence-electron chi connectivity index (χ1n) is 8.43. The van der Waals surface area contributed by atoms with Crippen molar-refractivity contribution >= 4 is 61.1 Å². The minimum atomic E-state index is -1.82. The maximum Gasteiger partial charge on any atom is 0.414 e. The van der Waals surface area contributed by atoms with Gasteiger partial charge in [0.15, 0.2) is 5.78 Å². The number of rotatable bonds is 3. The highest BCUT2D eigenvalue weighted by Crippen LogP contribution is 2.24. The van der Waals surface area contributed by atoms with Gasteiger partial charge in [-0.05, 0) is 43.3 Å². The second-order valence-electron chi connectivity index (χ2n) is 5.66. The van der Waals surface area contributed by atoms with E-state index in [1.807, 2.05) is 6.07 Å². The van der Waals surface area contributed by atoms with Crippen molar-refractivity contribution in [2.24, 2.45) is 0 Å². The molecule has 0 aliphatic rings. The molecule has 2 heterocycles. The third-order valence-electron chi connectivity index (χ3n) is 3.46. The van der Waals surface area contributed by atoms with Crippen LogP contribution >= 0.6 is 31.9 Å². The van der Waals surface area contributed by atoms with Gasteiger partial charge in [-0.1, -0.05) is 31.9 Å². The van der Waals surface area contributed by atoms with Crippen molar-refractivity contribution in [3.8, 4) is 0 Å². The van der Waals surface area contributed by atoms with Gasteiger partial charge in [0.1, 0.15) is 0 Å². The molecule has 0 spiro atoms. The molecule has 0 amide bonds.